The van der Waals surface area contributed by atoms with E-state index in [1.165, 1.54) is 10.4 Å². The Morgan fingerprint density at radius 2 is 1.81 bits per heavy atom. The van der Waals surface area contributed by atoms with E-state index in [-0.39, 0.29) is 18.2 Å². The number of halogens is 2. The molecular formula is C20H19F2NO2S. The number of fused-ring (bicyclic) bond motifs is 1. The first kappa shape index (κ1) is 17.4. The van der Waals surface area contributed by atoms with E-state index in [0.717, 1.165) is 36.1 Å². The Morgan fingerprint density at radius 1 is 1.04 bits per heavy atom. The van der Waals surface area contributed by atoms with E-state index < -0.39 is 21.7 Å². The molecule has 1 fully saturated rings. The lowest BCUT2D eigenvalue weighted by Gasteiger charge is -2.26. The highest BCUT2D eigenvalue weighted by atomic mass is 32.2. The zero-order valence-electron chi connectivity index (χ0n) is 14.2. The number of hydrogen-bond donors (Lipinski definition) is 0. The van der Waals surface area contributed by atoms with Crippen molar-refractivity contribution in [2.24, 2.45) is 0 Å². The molecule has 0 unspecified atom stereocenters. The van der Waals surface area contributed by atoms with Crippen molar-refractivity contribution in [1.82, 2.24) is 4.31 Å². The molecule has 0 aliphatic heterocycles. The molecule has 4 rings (SSSR count). The Morgan fingerprint density at radius 3 is 2.54 bits per heavy atom. The van der Waals surface area contributed by atoms with E-state index in [9.17, 15) is 17.2 Å². The van der Waals surface area contributed by atoms with Crippen molar-refractivity contribution in [2.45, 2.75) is 38.3 Å². The molecule has 6 heteroatoms. The van der Waals surface area contributed by atoms with Crippen LogP contribution < -0.4 is 0 Å². The van der Waals surface area contributed by atoms with Crippen LogP contribution in [0.15, 0.2) is 47.4 Å². The molecule has 0 spiro atoms. The lowest BCUT2D eigenvalue weighted by Crippen LogP contribution is -2.34. The van der Waals surface area contributed by atoms with Gasteiger partial charge in [-0.25, -0.2) is 17.2 Å². The molecule has 2 aromatic rings. The van der Waals surface area contributed by atoms with Crippen molar-refractivity contribution < 1.29 is 17.2 Å². The summed E-state index contributed by atoms with van der Waals surface area (Å²) < 4.78 is 55.0. The third kappa shape index (κ3) is 3.31. The Hall–Kier alpha value is -2.05. The maximum atomic E-state index is 14.0. The van der Waals surface area contributed by atoms with E-state index in [1.807, 2.05) is 24.3 Å². The van der Waals surface area contributed by atoms with Crippen LogP contribution in [0, 0.1) is 11.6 Å². The Labute approximate surface area is 152 Å². The highest BCUT2D eigenvalue weighted by molar-refractivity contribution is 7.93. The summed E-state index contributed by atoms with van der Waals surface area (Å²) in [6.45, 7) is -0.0713. The van der Waals surface area contributed by atoms with E-state index >= 15 is 0 Å². The van der Waals surface area contributed by atoms with Gasteiger partial charge < -0.3 is 0 Å². The van der Waals surface area contributed by atoms with Gasteiger partial charge in [-0.2, -0.15) is 4.31 Å². The molecule has 0 aromatic heterocycles. The van der Waals surface area contributed by atoms with Gasteiger partial charge in [0.15, 0.2) is 0 Å². The highest BCUT2D eigenvalue weighted by Crippen LogP contribution is 2.36. The number of allylic oxidation sites excluding steroid dienone is 1. The molecule has 2 aliphatic carbocycles. The summed E-state index contributed by atoms with van der Waals surface area (Å²) in [7, 11) is -3.69. The number of aryl methyl sites for hydroxylation is 1. The van der Waals surface area contributed by atoms with Crippen LogP contribution in [0.3, 0.4) is 0 Å². The first-order valence-electron chi connectivity index (χ1n) is 8.69. The maximum absolute atomic E-state index is 14.0. The summed E-state index contributed by atoms with van der Waals surface area (Å²) in [4.78, 5) is 0.366. The first-order valence-corrected chi connectivity index (χ1v) is 10.1. The fourth-order valence-corrected chi connectivity index (χ4v) is 5.20. The number of rotatable bonds is 5. The van der Waals surface area contributed by atoms with E-state index in [0.29, 0.717) is 17.7 Å². The summed E-state index contributed by atoms with van der Waals surface area (Å²) in [5, 5.41) is 0. The van der Waals surface area contributed by atoms with Crippen LogP contribution in [0.4, 0.5) is 8.78 Å². The number of nitrogens with zero attached hydrogens (tertiary/aromatic N) is 1. The summed E-state index contributed by atoms with van der Waals surface area (Å²) >= 11 is 0. The van der Waals surface area contributed by atoms with Crippen LogP contribution in [0.25, 0.3) is 6.08 Å². The van der Waals surface area contributed by atoms with Crippen molar-refractivity contribution in [3.05, 3.63) is 75.7 Å². The lowest BCUT2D eigenvalue weighted by atomic mass is 9.98. The van der Waals surface area contributed by atoms with Gasteiger partial charge in [-0.05, 0) is 49.0 Å². The normalized spacial score (nSPS) is 17.1. The zero-order valence-corrected chi connectivity index (χ0v) is 15.0. The molecule has 2 aliphatic rings. The van der Waals surface area contributed by atoms with Crippen LogP contribution in [0.2, 0.25) is 0 Å². The molecule has 0 heterocycles. The molecule has 2 aromatic carbocycles. The van der Waals surface area contributed by atoms with Gasteiger partial charge in [0.25, 0.3) is 0 Å². The predicted octanol–water partition coefficient (Wildman–Crippen LogP) is 4.25. The van der Waals surface area contributed by atoms with Gasteiger partial charge in [0.2, 0.25) is 10.0 Å². The molecular weight excluding hydrogens is 356 g/mol. The molecule has 0 N–H and O–H groups in total. The molecule has 136 valence electrons. The first-order chi connectivity index (χ1) is 12.4. The van der Waals surface area contributed by atoms with Crippen LogP contribution in [-0.4, -0.2) is 18.8 Å². The topological polar surface area (TPSA) is 37.4 Å². The van der Waals surface area contributed by atoms with E-state index in [4.69, 9.17) is 0 Å². The molecule has 0 amide bonds. The van der Waals surface area contributed by atoms with Gasteiger partial charge in [-0.15, -0.1) is 0 Å². The summed E-state index contributed by atoms with van der Waals surface area (Å²) in [5.41, 5.74) is 2.24. The maximum Gasteiger partial charge on any atom is 0.239 e. The Bertz CT molecular complexity index is 981. The molecule has 0 saturated heterocycles. The second kappa shape index (κ2) is 6.59. The monoisotopic (exact) mass is 375 g/mol. The van der Waals surface area contributed by atoms with Crippen molar-refractivity contribution in [1.29, 1.82) is 0 Å². The second-order valence-electron chi connectivity index (χ2n) is 6.83. The number of benzene rings is 2. The molecule has 0 bridgehead atoms. The van der Waals surface area contributed by atoms with Gasteiger partial charge in [-0.1, -0.05) is 30.3 Å². The molecule has 26 heavy (non-hydrogen) atoms. The minimum atomic E-state index is -3.69. The van der Waals surface area contributed by atoms with Crippen molar-refractivity contribution >= 4 is 16.1 Å². The largest absolute Gasteiger partial charge is 0.239 e. The standard InChI is InChI=1S/C20H19F2NO2S/c21-17-7-5-16(20(22)12-17)13-23(18-8-9-18)26(24,25)19-10-6-14-3-1-2-4-15(14)11-19/h1-5,7,11-12,18H,6,8-10,13H2. The van der Waals surface area contributed by atoms with Gasteiger partial charge in [0.05, 0.1) is 4.91 Å². The summed E-state index contributed by atoms with van der Waals surface area (Å²) in [6.07, 6.45) is 4.38. The minimum Gasteiger partial charge on any atom is -0.207 e. The van der Waals surface area contributed by atoms with Gasteiger partial charge in [0.1, 0.15) is 11.6 Å². The van der Waals surface area contributed by atoms with Gasteiger partial charge in [0, 0.05) is 24.2 Å². The quantitative estimate of drug-likeness (QED) is 0.784. The minimum absolute atomic E-state index is 0.0713. The third-order valence-electron chi connectivity index (χ3n) is 4.95. The smallest absolute Gasteiger partial charge is 0.207 e. The van der Waals surface area contributed by atoms with Gasteiger partial charge in [-0.3, -0.25) is 0 Å². The van der Waals surface area contributed by atoms with E-state index in [1.54, 1.807) is 6.08 Å². The van der Waals surface area contributed by atoms with Crippen LogP contribution in [-0.2, 0) is 23.0 Å². The zero-order chi connectivity index (χ0) is 18.3. The van der Waals surface area contributed by atoms with E-state index in [2.05, 4.69) is 0 Å². The summed E-state index contributed by atoms with van der Waals surface area (Å²) in [5.74, 6) is -1.38. The number of sulfonamides is 1. The fraction of sp³-hybridized carbons (Fsp3) is 0.300. The molecule has 1 saturated carbocycles. The molecule has 3 nitrogen and oxygen atoms in total. The SMILES string of the molecule is O=S(=O)(C1=Cc2ccccc2CC1)N(Cc1ccc(F)cc1F)C1CC1. The fourth-order valence-electron chi connectivity index (χ4n) is 3.35. The molecule has 0 radical (unpaired) electrons. The van der Waals surface area contributed by atoms with Gasteiger partial charge >= 0.3 is 0 Å². The Kier molecular flexibility index (Phi) is 4.40. The predicted molar refractivity (Wildman–Crippen MR) is 96.6 cm³/mol. The van der Waals surface area contributed by atoms with Crippen LogP contribution in [0.5, 0.6) is 0 Å². The number of hydrogen-bond acceptors (Lipinski definition) is 2. The lowest BCUT2D eigenvalue weighted by molar-refractivity contribution is 0.394. The third-order valence-corrected chi connectivity index (χ3v) is 6.98. The van der Waals surface area contributed by atoms with Crippen molar-refractivity contribution in [2.75, 3.05) is 0 Å². The van der Waals surface area contributed by atoms with Crippen molar-refractivity contribution in [3.63, 3.8) is 0 Å². The van der Waals surface area contributed by atoms with Crippen LogP contribution >= 0.6 is 0 Å². The van der Waals surface area contributed by atoms with Crippen LogP contribution in [0.1, 0.15) is 36.0 Å². The molecule has 0 atom stereocenters. The average molecular weight is 375 g/mol. The highest BCUT2D eigenvalue weighted by Gasteiger charge is 2.39. The average Bonchev–Trinajstić information content (AvgIpc) is 3.45. The summed E-state index contributed by atoms with van der Waals surface area (Å²) in [6, 6.07) is 10.9. The Balaban J connectivity index is 1.67. The van der Waals surface area contributed by atoms with Crippen molar-refractivity contribution in [3.8, 4) is 0 Å². The second-order valence-corrected chi connectivity index (χ2v) is 8.77.